The molecular formula is C19H29N3O4. The molecule has 0 aromatic heterocycles. The molecule has 0 spiro atoms. The molecule has 2 N–H and O–H groups in total. The van der Waals surface area contributed by atoms with E-state index in [9.17, 15) is 9.59 Å². The van der Waals surface area contributed by atoms with Gasteiger partial charge in [-0.15, -0.1) is 0 Å². The monoisotopic (exact) mass is 363 g/mol. The lowest BCUT2D eigenvalue weighted by molar-refractivity contribution is -0.121. The van der Waals surface area contributed by atoms with Crippen LogP contribution < -0.4 is 15.4 Å². The Balaban J connectivity index is 1.96. The third-order valence-electron chi connectivity index (χ3n) is 4.56. The van der Waals surface area contributed by atoms with E-state index >= 15 is 0 Å². The molecule has 3 amide bonds. The third-order valence-corrected chi connectivity index (χ3v) is 4.56. The number of methoxy groups -OCH3 is 2. The second-order valence-electron chi connectivity index (χ2n) is 6.41. The van der Waals surface area contributed by atoms with Gasteiger partial charge in [-0.1, -0.05) is 25.0 Å². The van der Waals surface area contributed by atoms with Gasteiger partial charge in [0.15, 0.2) is 0 Å². The number of carbonyl (C=O) groups excluding carboxylic acids is 2. The van der Waals surface area contributed by atoms with Crippen LogP contribution in [0, 0.1) is 0 Å². The normalized spacial score (nSPS) is 18.0. The van der Waals surface area contributed by atoms with Crippen LogP contribution in [0.2, 0.25) is 0 Å². The molecule has 1 saturated heterocycles. The lowest BCUT2D eigenvalue weighted by Crippen LogP contribution is -2.46. The Morgan fingerprint density at radius 1 is 1.15 bits per heavy atom. The molecule has 1 aliphatic rings. The molecule has 0 saturated carbocycles. The fraction of sp³-hybridized carbons (Fsp3) is 0.579. The van der Waals surface area contributed by atoms with Crippen LogP contribution in [0.5, 0.6) is 5.75 Å². The van der Waals surface area contributed by atoms with E-state index in [1.165, 1.54) is 5.56 Å². The van der Waals surface area contributed by atoms with Gasteiger partial charge in [0.05, 0.1) is 20.3 Å². The molecule has 1 aromatic carbocycles. The largest absolute Gasteiger partial charge is 0.497 e. The van der Waals surface area contributed by atoms with Gasteiger partial charge < -0.3 is 14.8 Å². The number of ether oxygens (including phenoxy) is 2. The summed E-state index contributed by atoms with van der Waals surface area (Å²) in [5.74, 6) is 0.528. The van der Waals surface area contributed by atoms with Gasteiger partial charge in [0, 0.05) is 19.7 Å². The van der Waals surface area contributed by atoms with Crippen molar-refractivity contribution in [1.82, 2.24) is 15.5 Å². The zero-order valence-corrected chi connectivity index (χ0v) is 15.6. The summed E-state index contributed by atoms with van der Waals surface area (Å²) in [5, 5.41) is 4.98. The first kappa shape index (κ1) is 20.2. The van der Waals surface area contributed by atoms with Gasteiger partial charge in [0.1, 0.15) is 5.75 Å². The highest BCUT2D eigenvalue weighted by molar-refractivity contribution is 5.95. The highest BCUT2D eigenvalue weighted by Crippen LogP contribution is 2.30. The van der Waals surface area contributed by atoms with Crippen molar-refractivity contribution < 1.29 is 19.1 Å². The van der Waals surface area contributed by atoms with Gasteiger partial charge in [0.2, 0.25) is 5.91 Å². The maximum Gasteiger partial charge on any atom is 0.321 e. The van der Waals surface area contributed by atoms with Crippen LogP contribution in [-0.2, 0) is 9.53 Å². The highest BCUT2D eigenvalue weighted by Gasteiger charge is 2.25. The number of hydrogen-bond acceptors (Lipinski definition) is 5. The average Bonchev–Trinajstić information content (AvgIpc) is 2.87. The van der Waals surface area contributed by atoms with Crippen molar-refractivity contribution in [2.75, 3.05) is 40.5 Å². The fourth-order valence-electron chi connectivity index (χ4n) is 3.22. The minimum absolute atomic E-state index is 0.172. The van der Waals surface area contributed by atoms with Crippen LogP contribution in [0.1, 0.15) is 37.3 Å². The smallest absolute Gasteiger partial charge is 0.321 e. The summed E-state index contributed by atoms with van der Waals surface area (Å²) in [4.78, 5) is 26.2. The van der Waals surface area contributed by atoms with Crippen LogP contribution in [0.4, 0.5) is 4.79 Å². The number of rotatable bonds is 7. The van der Waals surface area contributed by atoms with Crippen molar-refractivity contribution >= 4 is 11.9 Å². The number of nitrogens with one attached hydrogen (secondary N) is 2. The second kappa shape index (κ2) is 10.8. The summed E-state index contributed by atoms with van der Waals surface area (Å²) in [6, 6.07) is 7.69. The van der Waals surface area contributed by atoms with Crippen molar-refractivity contribution in [1.29, 1.82) is 0 Å². The van der Waals surface area contributed by atoms with E-state index in [4.69, 9.17) is 9.47 Å². The molecule has 7 heteroatoms. The maximum atomic E-state index is 12.3. The van der Waals surface area contributed by atoms with Crippen molar-refractivity contribution in [3.8, 4) is 5.75 Å². The highest BCUT2D eigenvalue weighted by atomic mass is 16.5. The summed E-state index contributed by atoms with van der Waals surface area (Å²) >= 11 is 0. The molecule has 1 heterocycles. The predicted molar refractivity (Wildman–Crippen MR) is 99.2 cm³/mol. The van der Waals surface area contributed by atoms with E-state index in [1.54, 1.807) is 14.2 Å². The maximum absolute atomic E-state index is 12.3. The molecular weight excluding hydrogens is 334 g/mol. The molecule has 1 fully saturated rings. The number of carbonyl (C=O) groups is 2. The van der Waals surface area contributed by atoms with Gasteiger partial charge in [0.25, 0.3) is 0 Å². The fourth-order valence-corrected chi connectivity index (χ4v) is 3.22. The standard InChI is InChI=1S/C19H29N3O4/c1-25-13-11-20-19(24)21-18(23)14-22-12-5-3-4-6-17(22)15-7-9-16(26-2)10-8-15/h7-10,17H,3-6,11-14H2,1-2H3,(H2,20,21,23,24). The number of urea groups is 1. The molecule has 1 aliphatic heterocycles. The van der Waals surface area contributed by atoms with E-state index in [0.717, 1.165) is 38.0 Å². The molecule has 0 aliphatic carbocycles. The van der Waals surface area contributed by atoms with Gasteiger partial charge in [-0.3, -0.25) is 15.0 Å². The molecule has 26 heavy (non-hydrogen) atoms. The van der Waals surface area contributed by atoms with Crippen molar-refractivity contribution in [3.63, 3.8) is 0 Å². The quantitative estimate of drug-likeness (QED) is 0.725. The number of imide groups is 1. The van der Waals surface area contributed by atoms with E-state index in [-0.39, 0.29) is 18.5 Å². The molecule has 7 nitrogen and oxygen atoms in total. The Morgan fingerprint density at radius 3 is 2.62 bits per heavy atom. The molecule has 1 aromatic rings. The minimum atomic E-state index is -0.483. The third kappa shape index (κ3) is 6.31. The Morgan fingerprint density at radius 2 is 1.92 bits per heavy atom. The lowest BCUT2D eigenvalue weighted by Gasteiger charge is -2.29. The van der Waals surface area contributed by atoms with E-state index < -0.39 is 6.03 Å². The minimum Gasteiger partial charge on any atom is -0.497 e. The Bertz CT molecular complexity index is 577. The van der Waals surface area contributed by atoms with Crippen molar-refractivity contribution in [3.05, 3.63) is 29.8 Å². The summed E-state index contributed by atoms with van der Waals surface area (Å²) in [7, 11) is 3.21. The summed E-state index contributed by atoms with van der Waals surface area (Å²) < 4.78 is 10.1. The zero-order valence-electron chi connectivity index (χ0n) is 15.6. The Hall–Kier alpha value is -2.12. The molecule has 1 unspecified atom stereocenters. The van der Waals surface area contributed by atoms with E-state index in [0.29, 0.717) is 13.2 Å². The Kier molecular flexibility index (Phi) is 8.37. The van der Waals surface area contributed by atoms with Gasteiger partial charge in [-0.25, -0.2) is 4.79 Å². The summed E-state index contributed by atoms with van der Waals surface area (Å²) in [6.07, 6.45) is 4.34. The summed E-state index contributed by atoms with van der Waals surface area (Å²) in [6.45, 7) is 1.82. The number of likely N-dealkylation sites (tertiary alicyclic amines) is 1. The van der Waals surface area contributed by atoms with Gasteiger partial charge >= 0.3 is 6.03 Å². The van der Waals surface area contributed by atoms with Gasteiger partial charge in [-0.05, 0) is 37.1 Å². The van der Waals surface area contributed by atoms with Crippen LogP contribution >= 0.6 is 0 Å². The molecule has 1 atom stereocenters. The van der Waals surface area contributed by atoms with Crippen LogP contribution in [0.25, 0.3) is 0 Å². The molecule has 2 rings (SSSR count). The number of benzene rings is 1. The first-order chi connectivity index (χ1) is 12.6. The van der Waals surface area contributed by atoms with Crippen molar-refractivity contribution in [2.24, 2.45) is 0 Å². The first-order valence-electron chi connectivity index (χ1n) is 9.08. The van der Waals surface area contributed by atoms with Crippen molar-refractivity contribution in [2.45, 2.75) is 31.7 Å². The lowest BCUT2D eigenvalue weighted by atomic mass is 10.0. The molecule has 144 valence electrons. The van der Waals surface area contributed by atoms with Crippen LogP contribution in [-0.4, -0.2) is 57.3 Å². The topological polar surface area (TPSA) is 79.9 Å². The van der Waals surface area contributed by atoms with Crippen LogP contribution in [0.15, 0.2) is 24.3 Å². The number of nitrogens with zero attached hydrogens (tertiary/aromatic N) is 1. The average molecular weight is 363 g/mol. The Labute approximate surface area is 155 Å². The van der Waals surface area contributed by atoms with E-state index in [2.05, 4.69) is 27.7 Å². The van der Waals surface area contributed by atoms with Crippen LogP contribution in [0.3, 0.4) is 0 Å². The SMILES string of the molecule is COCCNC(=O)NC(=O)CN1CCCCCC1c1ccc(OC)cc1. The predicted octanol–water partition coefficient (Wildman–Crippen LogP) is 2.08. The summed E-state index contributed by atoms with van der Waals surface area (Å²) in [5.41, 5.74) is 1.17. The number of hydrogen-bond donors (Lipinski definition) is 2. The molecule has 0 bridgehead atoms. The second-order valence-corrected chi connectivity index (χ2v) is 6.41. The van der Waals surface area contributed by atoms with Gasteiger partial charge in [-0.2, -0.15) is 0 Å². The number of amides is 3. The molecule has 0 radical (unpaired) electrons. The zero-order chi connectivity index (χ0) is 18.8. The first-order valence-corrected chi connectivity index (χ1v) is 9.08. The van der Waals surface area contributed by atoms with E-state index in [1.807, 2.05) is 12.1 Å².